The van der Waals surface area contributed by atoms with Gasteiger partial charge in [0, 0.05) is 0 Å². The molecule has 0 aliphatic heterocycles. The molecule has 2 aromatic carbocycles. The van der Waals surface area contributed by atoms with Crippen LogP contribution in [0.3, 0.4) is 0 Å². The molecule has 4 heteroatoms. The monoisotopic (exact) mass is 328 g/mol. The maximum Gasteiger partial charge on any atom is 0.315 e. The summed E-state index contributed by atoms with van der Waals surface area (Å²) in [5.41, 5.74) is 1.94. The molecule has 0 unspecified atom stereocenters. The zero-order valence-electron chi connectivity index (χ0n) is 14.9. The van der Waals surface area contributed by atoms with Crippen LogP contribution in [0.25, 0.3) is 0 Å². The smallest absolute Gasteiger partial charge is 0.315 e. The van der Waals surface area contributed by atoms with Gasteiger partial charge in [0.1, 0.15) is 5.75 Å². The first kappa shape index (κ1) is 17.9. The van der Waals surface area contributed by atoms with Gasteiger partial charge in [0.15, 0.2) is 11.5 Å². The summed E-state index contributed by atoms with van der Waals surface area (Å²) in [6.45, 7) is 6.37. The van der Waals surface area contributed by atoms with Gasteiger partial charge in [-0.15, -0.1) is 0 Å². The third-order valence-electron chi connectivity index (χ3n) is 3.73. The normalized spacial score (nSPS) is 11.0. The molecule has 0 spiro atoms. The molecular formula is C20H24O4. The molecule has 2 rings (SSSR count). The lowest BCUT2D eigenvalue weighted by molar-refractivity contribution is -0.133. The molecule has 0 radical (unpaired) electrons. The summed E-state index contributed by atoms with van der Waals surface area (Å²) in [4.78, 5) is 12.2. The first-order valence-electron chi connectivity index (χ1n) is 7.85. The molecule has 2 aromatic rings. The number of esters is 1. The molecule has 0 saturated carbocycles. The van der Waals surface area contributed by atoms with E-state index >= 15 is 0 Å². The third kappa shape index (κ3) is 4.51. The Morgan fingerprint density at radius 1 is 0.958 bits per heavy atom. The largest absolute Gasteiger partial charge is 0.493 e. The molecule has 24 heavy (non-hydrogen) atoms. The Morgan fingerprint density at radius 3 is 2.29 bits per heavy atom. The van der Waals surface area contributed by atoms with Gasteiger partial charge in [-0.25, -0.2) is 0 Å². The zero-order chi connectivity index (χ0) is 17.7. The van der Waals surface area contributed by atoms with E-state index in [2.05, 4.69) is 20.8 Å². The Balaban J connectivity index is 2.09. The van der Waals surface area contributed by atoms with Gasteiger partial charge in [-0.1, -0.05) is 39.0 Å². The predicted molar refractivity (Wildman–Crippen MR) is 94.0 cm³/mol. The summed E-state index contributed by atoms with van der Waals surface area (Å²) in [5.74, 6) is 1.48. The SMILES string of the molecule is COc1ccc(CC(=O)Oc2cccc(C(C)(C)C)c2)cc1OC. The fourth-order valence-corrected chi connectivity index (χ4v) is 2.35. The lowest BCUT2D eigenvalue weighted by Gasteiger charge is -2.19. The van der Waals surface area contributed by atoms with E-state index < -0.39 is 0 Å². The molecule has 128 valence electrons. The number of carbonyl (C=O) groups excluding carboxylic acids is 1. The highest BCUT2D eigenvalue weighted by atomic mass is 16.5. The minimum Gasteiger partial charge on any atom is -0.493 e. The van der Waals surface area contributed by atoms with E-state index in [1.54, 1.807) is 32.4 Å². The van der Waals surface area contributed by atoms with E-state index in [1.165, 1.54) is 0 Å². The topological polar surface area (TPSA) is 44.8 Å². The van der Waals surface area contributed by atoms with Crippen LogP contribution in [-0.2, 0) is 16.6 Å². The van der Waals surface area contributed by atoms with Crippen LogP contribution in [0.15, 0.2) is 42.5 Å². The molecule has 0 amide bonds. The first-order valence-corrected chi connectivity index (χ1v) is 7.85. The number of ether oxygens (including phenoxy) is 3. The van der Waals surface area contributed by atoms with Crippen LogP contribution >= 0.6 is 0 Å². The standard InChI is InChI=1S/C20H24O4/c1-20(2,3)15-7-6-8-16(13-15)24-19(21)12-14-9-10-17(22-4)18(11-14)23-5/h6-11,13H,12H2,1-5H3. The molecule has 0 atom stereocenters. The van der Waals surface area contributed by atoms with Crippen molar-refractivity contribution in [2.45, 2.75) is 32.6 Å². The van der Waals surface area contributed by atoms with E-state index in [0.717, 1.165) is 11.1 Å². The lowest BCUT2D eigenvalue weighted by atomic mass is 9.87. The van der Waals surface area contributed by atoms with Crippen LogP contribution in [0.5, 0.6) is 17.2 Å². The highest BCUT2D eigenvalue weighted by molar-refractivity contribution is 5.75. The molecule has 0 fully saturated rings. The van der Waals surface area contributed by atoms with Crippen molar-refractivity contribution >= 4 is 5.97 Å². The Bertz CT molecular complexity index is 714. The Kier molecular flexibility index (Phi) is 5.50. The van der Waals surface area contributed by atoms with Gasteiger partial charge in [0.2, 0.25) is 0 Å². The quantitative estimate of drug-likeness (QED) is 0.611. The molecule has 0 aliphatic carbocycles. The van der Waals surface area contributed by atoms with E-state index in [9.17, 15) is 4.79 Å². The van der Waals surface area contributed by atoms with Crippen LogP contribution in [0.2, 0.25) is 0 Å². The second kappa shape index (κ2) is 7.39. The van der Waals surface area contributed by atoms with Crippen LogP contribution in [0.4, 0.5) is 0 Å². The first-order chi connectivity index (χ1) is 11.3. The van der Waals surface area contributed by atoms with Crippen LogP contribution in [0.1, 0.15) is 31.9 Å². The van der Waals surface area contributed by atoms with E-state index in [1.807, 2.05) is 24.3 Å². The number of methoxy groups -OCH3 is 2. The fraction of sp³-hybridized carbons (Fsp3) is 0.350. The summed E-state index contributed by atoms with van der Waals surface area (Å²) in [5, 5.41) is 0. The van der Waals surface area contributed by atoms with Crippen LogP contribution in [0, 0.1) is 0 Å². The Hall–Kier alpha value is -2.49. The summed E-state index contributed by atoms with van der Waals surface area (Å²) in [7, 11) is 3.14. The molecule has 0 bridgehead atoms. The maximum absolute atomic E-state index is 12.2. The van der Waals surface area contributed by atoms with Gasteiger partial charge in [0.25, 0.3) is 0 Å². The molecule has 0 heterocycles. The van der Waals surface area contributed by atoms with Gasteiger partial charge in [0.05, 0.1) is 20.6 Å². The molecule has 0 N–H and O–H groups in total. The summed E-state index contributed by atoms with van der Waals surface area (Å²) in [6, 6.07) is 13.0. The fourth-order valence-electron chi connectivity index (χ4n) is 2.35. The summed E-state index contributed by atoms with van der Waals surface area (Å²) < 4.78 is 15.9. The van der Waals surface area contributed by atoms with Crippen LogP contribution in [-0.4, -0.2) is 20.2 Å². The number of rotatable bonds is 5. The highest BCUT2D eigenvalue weighted by Crippen LogP contribution is 2.28. The Morgan fingerprint density at radius 2 is 1.67 bits per heavy atom. The number of carbonyl (C=O) groups is 1. The second-order valence-corrected chi connectivity index (χ2v) is 6.62. The molecule has 0 saturated heterocycles. The number of hydrogen-bond acceptors (Lipinski definition) is 4. The lowest BCUT2D eigenvalue weighted by Crippen LogP contribution is -2.14. The highest BCUT2D eigenvalue weighted by Gasteiger charge is 2.15. The number of benzene rings is 2. The van der Waals surface area contributed by atoms with Crippen molar-refractivity contribution in [2.75, 3.05) is 14.2 Å². The molecule has 4 nitrogen and oxygen atoms in total. The maximum atomic E-state index is 12.2. The van der Waals surface area contributed by atoms with E-state index in [0.29, 0.717) is 17.2 Å². The van der Waals surface area contributed by atoms with Crippen molar-refractivity contribution in [1.82, 2.24) is 0 Å². The molecule has 0 aliphatic rings. The average molecular weight is 328 g/mol. The zero-order valence-corrected chi connectivity index (χ0v) is 14.9. The molecular weight excluding hydrogens is 304 g/mol. The minimum absolute atomic E-state index is 0.00572. The van der Waals surface area contributed by atoms with Crippen molar-refractivity contribution < 1.29 is 19.0 Å². The third-order valence-corrected chi connectivity index (χ3v) is 3.73. The summed E-state index contributed by atoms with van der Waals surface area (Å²) >= 11 is 0. The number of hydrogen-bond donors (Lipinski definition) is 0. The van der Waals surface area contributed by atoms with E-state index in [-0.39, 0.29) is 17.8 Å². The average Bonchev–Trinajstić information content (AvgIpc) is 2.54. The van der Waals surface area contributed by atoms with Gasteiger partial charge in [-0.05, 0) is 40.8 Å². The van der Waals surface area contributed by atoms with Crippen molar-refractivity contribution in [3.05, 3.63) is 53.6 Å². The van der Waals surface area contributed by atoms with Gasteiger partial charge >= 0.3 is 5.97 Å². The molecule has 0 aromatic heterocycles. The van der Waals surface area contributed by atoms with Crippen LogP contribution < -0.4 is 14.2 Å². The second-order valence-electron chi connectivity index (χ2n) is 6.62. The van der Waals surface area contributed by atoms with Gasteiger partial charge in [-0.2, -0.15) is 0 Å². The van der Waals surface area contributed by atoms with Crippen molar-refractivity contribution in [3.8, 4) is 17.2 Å². The van der Waals surface area contributed by atoms with Crippen molar-refractivity contribution in [1.29, 1.82) is 0 Å². The van der Waals surface area contributed by atoms with Gasteiger partial charge in [-0.3, -0.25) is 4.79 Å². The summed E-state index contributed by atoms with van der Waals surface area (Å²) in [6.07, 6.45) is 0.167. The van der Waals surface area contributed by atoms with Crippen molar-refractivity contribution in [3.63, 3.8) is 0 Å². The van der Waals surface area contributed by atoms with Gasteiger partial charge < -0.3 is 14.2 Å². The van der Waals surface area contributed by atoms with Crippen molar-refractivity contribution in [2.24, 2.45) is 0 Å². The minimum atomic E-state index is -0.312. The Labute approximate surface area is 143 Å². The predicted octanol–water partition coefficient (Wildman–Crippen LogP) is 4.15. The van der Waals surface area contributed by atoms with E-state index in [4.69, 9.17) is 14.2 Å².